The van der Waals surface area contributed by atoms with Gasteiger partial charge in [-0.25, -0.2) is 4.68 Å². The summed E-state index contributed by atoms with van der Waals surface area (Å²) in [6, 6.07) is 1.78. The third-order valence-corrected chi connectivity index (χ3v) is 4.55. The lowest BCUT2D eigenvalue weighted by Gasteiger charge is -2.36. The molecule has 0 aliphatic carbocycles. The summed E-state index contributed by atoms with van der Waals surface area (Å²) in [4.78, 5) is 17.2. The maximum atomic E-state index is 12.8. The second kappa shape index (κ2) is 6.38. The monoisotopic (exact) mass is 373 g/mol. The summed E-state index contributed by atoms with van der Waals surface area (Å²) >= 11 is 0. The number of halogens is 3. The van der Waals surface area contributed by atoms with Gasteiger partial charge in [0.25, 0.3) is 11.9 Å². The van der Waals surface area contributed by atoms with Crippen LogP contribution in [0.2, 0.25) is 0 Å². The van der Waals surface area contributed by atoms with E-state index >= 15 is 0 Å². The number of likely N-dealkylation sites (tertiary alicyclic amines) is 1. The zero-order valence-electron chi connectivity index (χ0n) is 14.2. The van der Waals surface area contributed by atoms with Crippen LogP contribution in [0.15, 0.2) is 16.8 Å². The average Bonchev–Trinajstić information content (AvgIpc) is 3.21. The number of amides is 1. The van der Waals surface area contributed by atoms with Crippen molar-refractivity contribution in [1.82, 2.24) is 24.8 Å². The molecule has 3 rings (SSSR count). The van der Waals surface area contributed by atoms with E-state index in [2.05, 4.69) is 15.2 Å². The van der Waals surface area contributed by atoms with Crippen LogP contribution in [-0.2, 0) is 4.79 Å². The quantitative estimate of drug-likeness (QED) is 0.877. The highest BCUT2D eigenvalue weighted by molar-refractivity contribution is 5.85. The number of hydrogen-bond acceptors (Lipinski definition) is 6. The predicted octanol–water partition coefficient (Wildman–Crippen LogP) is 1.58. The molecule has 2 aromatic heterocycles. The van der Waals surface area contributed by atoms with Crippen molar-refractivity contribution in [2.45, 2.75) is 44.4 Å². The van der Waals surface area contributed by atoms with Crippen LogP contribution >= 0.6 is 0 Å². The first kappa shape index (κ1) is 18.4. The van der Waals surface area contributed by atoms with E-state index < -0.39 is 17.7 Å². The van der Waals surface area contributed by atoms with Gasteiger partial charge in [0.15, 0.2) is 0 Å². The largest absolute Gasteiger partial charge is 0.426 e. The lowest BCUT2D eigenvalue weighted by Crippen LogP contribution is -2.57. The van der Waals surface area contributed by atoms with E-state index in [1.807, 2.05) is 0 Å². The Morgan fingerprint density at radius 3 is 2.54 bits per heavy atom. The Morgan fingerprint density at radius 1 is 1.35 bits per heavy atom. The van der Waals surface area contributed by atoms with Gasteiger partial charge in [0, 0.05) is 32.1 Å². The van der Waals surface area contributed by atoms with Crippen molar-refractivity contribution in [1.29, 1.82) is 0 Å². The van der Waals surface area contributed by atoms with E-state index in [0.717, 1.165) is 10.6 Å². The van der Waals surface area contributed by atoms with Crippen LogP contribution in [0.1, 0.15) is 37.3 Å². The highest BCUT2D eigenvalue weighted by atomic mass is 19.4. The lowest BCUT2D eigenvalue weighted by molar-refractivity contribution is -0.250. The fourth-order valence-electron chi connectivity index (χ4n) is 2.97. The molecule has 1 aliphatic heterocycles. The summed E-state index contributed by atoms with van der Waals surface area (Å²) in [5.41, 5.74) is -2.59. The molecule has 0 aromatic carbocycles. The van der Waals surface area contributed by atoms with Crippen LogP contribution in [-0.4, -0.2) is 60.7 Å². The zero-order valence-corrected chi connectivity index (χ0v) is 14.2. The molecule has 0 saturated carbocycles. The highest BCUT2D eigenvalue weighted by Crippen LogP contribution is 2.34. The molecule has 8 nitrogen and oxygen atoms in total. The van der Waals surface area contributed by atoms with Crippen molar-refractivity contribution in [2.75, 3.05) is 13.1 Å². The molecule has 1 aliphatic rings. The summed E-state index contributed by atoms with van der Waals surface area (Å²) < 4.78 is 45.0. The van der Waals surface area contributed by atoms with E-state index in [4.69, 9.17) is 4.52 Å². The van der Waals surface area contributed by atoms with Crippen LogP contribution in [0.25, 0.3) is 5.95 Å². The normalized spacial score (nSPS) is 18.8. The van der Waals surface area contributed by atoms with Crippen molar-refractivity contribution < 1.29 is 27.6 Å². The molecule has 0 bridgehead atoms. The number of carbonyl (C=O) groups excluding carboxylic acids is 1. The second-order valence-corrected chi connectivity index (χ2v) is 6.42. The van der Waals surface area contributed by atoms with Crippen LogP contribution in [0.4, 0.5) is 13.2 Å². The average molecular weight is 373 g/mol. The van der Waals surface area contributed by atoms with Crippen LogP contribution in [0, 0.1) is 6.92 Å². The van der Waals surface area contributed by atoms with Gasteiger partial charge in [0.05, 0.1) is 5.69 Å². The lowest BCUT2D eigenvalue weighted by atomic mass is 9.92. The Morgan fingerprint density at radius 2 is 2.00 bits per heavy atom. The van der Waals surface area contributed by atoms with Crippen molar-refractivity contribution in [3.8, 4) is 5.95 Å². The van der Waals surface area contributed by atoms with Gasteiger partial charge in [-0.3, -0.25) is 4.79 Å². The van der Waals surface area contributed by atoms with Crippen molar-refractivity contribution in [3.63, 3.8) is 0 Å². The number of hydrogen-bond donors (Lipinski definition) is 1. The van der Waals surface area contributed by atoms with Gasteiger partial charge in [0.1, 0.15) is 0 Å². The standard InChI is InChI=1S/C15H18F3N5O3/c1-9-20-13(21-26-9)23-11(3-6-19-23)10-4-7-22(8-5-10)12(24)14(2,25)15(16,17)18/h3,6,10,25H,4-5,7-8H2,1-2H3/t14-/m1/s1. The smallest absolute Gasteiger partial charge is 0.373 e. The Bertz CT molecular complexity index is 791. The van der Waals surface area contributed by atoms with E-state index in [9.17, 15) is 23.1 Å². The Kier molecular flexibility index (Phi) is 4.51. The van der Waals surface area contributed by atoms with Crippen molar-refractivity contribution in [3.05, 3.63) is 23.8 Å². The molecule has 0 spiro atoms. The highest BCUT2D eigenvalue weighted by Gasteiger charge is 2.57. The van der Waals surface area contributed by atoms with Gasteiger partial charge in [-0.15, -0.1) is 0 Å². The topological polar surface area (TPSA) is 97.3 Å². The molecule has 142 valence electrons. The number of aromatic nitrogens is 4. The molecular formula is C15H18F3N5O3. The molecule has 1 saturated heterocycles. The summed E-state index contributed by atoms with van der Waals surface area (Å²) in [6.07, 6.45) is -2.58. The van der Waals surface area contributed by atoms with E-state index in [1.165, 1.54) is 4.68 Å². The second-order valence-electron chi connectivity index (χ2n) is 6.42. The van der Waals surface area contributed by atoms with Gasteiger partial charge in [0.2, 0.25) is 11.5 Å². The maximum Gasteiger partial charge on any atom is 0.426 e. The van der Waals surface area contributed by atoms with Gasteiger partial charge in [-0.05, 0) is 31.0 Å². The Balaban J connectivity index is 1.70. The molecule has 1 amide bonds. The molecular weight excluding hydrogens is 355 g/mol. The predicted molar refractivity (Wildman–Crippen MR) is 81.4 cm³/mol. The van der Waals surface area contributed by atoms with Crippen LogP contribution in [0.5, 0.6) is 0 Å². The van der Waals surface area contributed by atoms with E-state index in [1.54, 1.807) is 19.2 Å². The fourth-order valence-corrected chi connectivity index (χ4v) is 2.97. The number of carbonyl (C=O) groups is 1. The summed E-state index contributed by atoms with van der Waals surface area (Å²) in [6.45, 7) is 2.34. The number of aryl methyl sites for hydroxylation is 1. The van der Waals surface area contributed by atoms with Crippen molar-refractivity contribution in [2.24, 2.45) is 0 Å². The molecule has 1 fully saturated rings. The van der Waals surface area contributed by atoms with Gasteiger partial charge in [-0.1, -0.05) is 0 Å². The molecule has 26 heavy (non-hydrogen) atoms. The zero-order chi connectivity index (χ0) is 19.1. The van der Waals surface area contributed by atoms with E-state index in [0.29, 0.717) is 25.7 Å². The first-order valence-electron chi connectivity index (χ1n) is 8.04. The fraction of sp³-hybridized carbons (Fsp3) is 0.600. The van der Waals surface area contributed by atoms with Crippen LogP contribution < -0.4 is 0 Å². The Labute approximate surface area is 146 Å². The number of rotatable bonds is 3. The van der Waals surface area contributed by atoms with Gasteiger partial charge < -0.3 is 14.5 Å². The Hall–Kier alpha value is -2.43. The van der Waals surface area contributed by atoms with Crippen LogP contribution in [0.3, 0.4) is 0 Å². The maximum absolute atomic E-state index is 12.8. The van der Waals surface area contributed by atoms with Crippen molar-refractivity contribution >= 4 is 5.91 Å². The molecule has 0 unspecified atom stereocenters. The molecule has 1 N–H and O–H groups in total. The van der Waals surface area contributed by atoms with E-state index in [-0.39, 0.29) is 25.0 Å². The summed E-state index contributed by atoms with van der Waals surface area (Å²) in [5.74, 6) is -0.695. The molecule has 3 heterocycles. The number of nitrogens with zero attached hydrogens (tertiary/aromatic N) is 5. The first-order valence-corrected chi connectivity index (χ1v) is 8.04. The minimum atomic E-state index is -5.02. The summed E-state index contributed by atoms with van der Waals surface area (Å²) in [7, 11) is 0. The third-order valence-electron chi connectivity index (χ3n) is 4.55. The molecule has 11 heteroatoms. The van der Waals surface area contributed by atoms with Gasteiger partial charge >= 0.3 is 6.18 Å². The summed E-state index contributed by atoms with van der Waals surface area (Å²) in [5, 5.41) is 17.5. The minimum absolute atomic E-state index is 0.0313. The SMILES string of the molecule is Cc1nc(-n2nccc2C2CCN(C(=O)[C@@](C)(O)C(F)(F)F)CC2)no1. The number of piperidine rings is 1. The minimum Gasteiger partial charge on any atom is -0.373 e. The first-order chi connectivity index (χ1) is 12.1. The molecule has 1 atom stereocenters. The molecule has 2 aromatic rings. The number of aliphatic hydroxyl groups is 1. The van der Waals surface area contributed by atoms with Gasteiger partial charge in [-0.2, -0.15) is 23.3 Å². The third kappa shape index (κ3) is 3.18. The number of alkyl halides is 3. The molecule has 0 radical (unpaired) electrons.